The Bertz CT molecular complexity index is 1260. The minimum absolute atomic E-state index is 0.0566. The lowest BCUT2D eigenvalue weighted by molar-refractivity contribution is -0.116. The summed E-state index contributed by atoms with van der Waals surface area (Å²) in [7, 11) is 3.05. The van der Waals surface area contributed by atoms with Crippen LogP contribution in [0.15, 0.2) is 65.1 Å². The average Bonchev–Trinajstić information content (AvgIpc) is 2.85. The highest BCUT2D eigenvalue weighted by molar-refractivity contribution is 6.30. The van der Waals surface area contributed by atoms with Gasteiger partial charge in [-0.2, -0.15) is 5.26 Å². The lowest BCUT2D eigenvalue weighted by atomic mass is 9.75. The number of Topliss-reactive ketones (excluding diaryl/α,β-unsaturated/α-hetero) is 1. The number of benzene rings is 2. The molecule has 0 radical (unpaired) electrons. The summed E-state index contributed by atoms with van der Waals surface area (Å²) in [5.41, 5.74) is 11.3. The predicted octanol–water partition coefficient (Wildman–Crippen LogP) is 3.80. The summed E-state index contributed by atoms with van der Waals surface area (Å²) < 4.78 is 10.8. The molecule has 0 bridgehead atoms. The van der Waals surface area contributed by atoms with E-state index in [0.29, 0.717) is 58.2 Å². The van der Waals surface area contributed by atoms with E-state index in [4.69, 9.17) is 26.8 Å². The van der Waals surface area contributed by atoms with Crippen molar-refractivity contribution in [1.29, 1.82) is 5.26 Å². The van der Waals surface area contributed by atoms with E-state index in [1.807, 2.05) is 0 Å². The first-order valence-electron chi connectivity index (χ1n) is 10.6. The molecule has 1 heterocycles. The predicted molar refractivity (Wildman–Crippen MR) is 126 cm³/mol. The number of hydrazine groups is 1. The monoisotopic (exact) mass is 478 g/mol. The third-order valence-electron chi connectivity index (χ3n) is 5.98. The van der Waals surface area contributed by atoms with Crippen LogP contribution in [-0.4, -0.2) is 30.9 Å². The first-order chi connectivity index (χ1) is 16.4. The molecular weight excluding hydrogens is 456 g/mol. The Hall–Kier alpha value is -3.96. The van der Waals surface area contributed by atoms with E-state index in [1.165, 1.54) is 12.1 Å². The number of rotatable bonds is 5. The Morgan fingerprint density at radius 1 is 1.18 bits per heavy atom. The number of hydrogen-bond donors (Lipinski definition) is 2. The number of nitrogens with zero attached hydrogens (tertiary/aromatic N) is 2. The quantitative estimate of drug-likeness (QED) is 0.671. The maximum atomic E-state index is 13.2. The molecule has 2 aliphatic rings. The van der Waals surface area contributed by atoms with E-state index in [9.17, 15) is 14.9 Å². The molecule has 34 heavy (non-hydrogen) atoms. The number of allylic oxidation sites excluding steroid dienone is 3. The summed E-state index contributed by atoms with van der Waals surface area (Å²) >= 11 is 5.93. The lowest BCUT2D eigenvalue weighted by Crippen LogP contribution is -2.48. The van der Waals surface area contributed by atoms with Gasteiger partial charge in [0.2, 0.25) is 0 Å². The fourth-order valence-electron chi connectivity index (χ4n) is 4.35. The molecule has 1 aliphatic carbocycles. The van der Waals surface area contributed by atoms with Crippen LogP contribution in [0.5, 0.6) is 11.5 Å². The van der Waals surface area contributed by atoms with Gasteiger partial charge in [-0.1, -0.05) is 17.7 Å². The van der Waals surface area contributed by atoms with Crippen molar-refractivity contribution < 1.29 is 19.1 Å². The number of methoxy groups -OCH3 is 2. The molecule has 0 aromatic heterocycles. The molecule has 2 aromatic carbocycles. The van der Waals surface area contributed by atoms with Gasteiger partial charge in [0.25, 0.3) is 5.91 Å². The van der Waals surface area contributed by atoms with Gasteiger partial charge < -0.3 is 15.2 Å². The number of nitriles is 1. The van der Waals surface area contributed by atoms with Gasteiger partial charge in [0, 0.05) is 39.9 Å². The first-order valence-corrected chi connectivity index (χ1v) is 11.0. The second-order valence-electron chi connectivity index (χ2n) is 7.87. The van der Waals surface area contributed by atoms with Gasteiger partial charge in [-0.15, -0.1) is 0 Å². The summed E-state index contributed by atoms with van der Waals surface area (Å²) in [5.74, 6) is -0.169. The summed E-state index contributed by atoms with van der Waals surface area (Å²) in [6.45, 7) is 0. The average molecular weight is 479 g/mol. The van der Waals surface area contributed by atoms with E-state index < -0.39 is 11.8 Å². The Morgan fingerprint density at radius 3 is 2.56 bits per heavy atom. The summed E-state index contributed by atoms with van der Waals surface area (Å²) in [6, 6.07) is 13.7. The van der Waals surface area contributed by atoms with Crippen LogP contribution in [0, 0.1) is 11.3 Å². The van der Waals surface area contributed by atoms with Crippen LogP contribution in [0.1, 0.15) is 41.1 Å². The SMILES string of the molecule is COc1ccc(C2C(C#N)=C(N)N(NC(=O)c3ccc(Cl)cc3)C3=C2C(=O)CCC3)c(OC)c1. The van der Waals surface area contributed by atoms with Crippen LogP contribution in [0.2, 0.25) is 5.02 Å². The zero-order valence-electron chi connectivity index (χ0n) is 18.7. The number of nitrogens with two attached hydrogens (primary N) is 1. The second-order valence-corrected chi connectivity index (χ2v) is 8.31. The van der Waals surface area contributed by atoms with Gasteiger partial charge in [0.1, 0.15) is 17.3 Å². The zero-order valence-corrected chi connectivity index (χ0v) is 19.5. The lowest BCUT2D eigenvalue weighted by Gasteiger charge is -2.39. The third kappa shape index (κ3) is 4.06. The fraction of sp³-hybridized carbons (Fsp3) is 0.240. The van der Waals surface area contributed by atoms with Crippen molar-refractivity contribution in [3.05, 3.63) is 81.3 Å². The van der Waals surface area contributed by atoms with E-state index in [0.717, 1.165) is 0 Å². The number of hydrogen-bond acceptors (Lipinski definition) is 7. The molecule has 174 valence electrons. The van der Waals surface area contributed by atoms with Crippen LogP contribution in [-0.2, 0) is 4.79 Å². The minimum atomic E-state index is -0.725. The Morgan fingerprint density at radius 2 is 1.91 bits per heavy atom. The maximum Gasteiger partial charge on any atom is 0.270 e. The van der Waals surface area contributed by atoms with Gasteiger partial charge >= 0.3 is 0 Å². The van der Waals surface area contributed by atoms with Crippen LogP contribution in [0.4, 0.5) is 0 Å². The molecule has 1 unspecified atom stereocenters. The van der Waals surface area contributed by atoms with E-state index in [1.54, 1.807) is 49.6 Å². The highest BCUT2D eigenvalue weighted by atomic mass is 35.5. The molecule has 3 N–H and O–H groups in total. The Kier molecular flexibility index (Phi) is 6.48. The molecule has 0 fully saturated rings. The van der Waals surface area contributed by atoms with Gasteiger partial charge in [-0.25, -0.2) is 5.01 Å². The number of nitrogens with one attached hydrogen (secondary N) is 1. The fourth-order valence-corrected chi connectivity index (χ4v) is 4.48. The minimum Gasteiger partial charge on any atom is -0.497 e. The zero-order chi connectivity index (χ0) is 24.4. The molecule has 9 heteroatoms. The standard InChI is InChI=1S/C25H23ClN4O4/c1-33-16-10-11-17(21(12-16)34-2)22-18(13-27)24(28)30(19-4-3-5-20(31)23(19)22)29-25(32)14-6-8-15(26)9-7-14/h6-12,22H,3-5,28H2,1-2H3,(H,29,32). The van der Waals surface area contributed by atoms with Crippen molar-refractivity contribution in [2.45, 2.75) is 25.2 Å². The summed E-state index contributed by atoms with van der Waals surface area (Å²) in [5, 5.41) is 12.0. The van der Waals surface area contributed by atoms with Crippen LogP contribution >= 0.6 is 11.6 Å². The second kappa shape index (κ2) is 9.49. The largest absolute Gasteiger partial charge is 0.497 e. The maximum absolute atomic E-state index is 13.2. The van der Waals surface area contributed by atoms with Crippen molar-refractivity contribution in [3.8, 4) is 17.6 Å². The van der Waals surface area contributed by atoms with Crippen molar-refractivity contribution in [2.75, 3.05) is 14.2 Å². The molecule has 1 amide bonds. The topological polar surface area (TPSA) is 118 Å². The number of carbonyl (C=O) groups is 2. The third-order valence-corrected chi connectivity index (χ3v) is 6.24. The molecule has 1 atom stereocenters. The van der Waals surface area contributed by atoms with Crippen LogP contribution in [0.25, 0.3) is 0 Å². The van der Waals surface area contributed by atoms with E-state index in [-0.39, 0.29) is 17.2 Å². The van der Waals surface area contributed by atoms with Crippen molar-refractivity contribution >= 4 is 23.3 Å². The smallest absolute Gasteiger partial charge is 0.270 e. The normalized spacial score (nSPS) is 17.8. The number of halogens is 1. The molecule has 1 aliphatic heterocycles. The summed E-state index contributed by atoms with van der Waals surface area (Å²) in [6.07, 6.45) is 1.45. The molecular formula is C25H23ClN4O4. The van der Waals surface area contributed by atoms with Gasteiger partial charge in [0.05, 0.1) is 31.8 Å². The molecule has 0 spiro atoms. The Labute approximate surface area is 202 Å². The molecule has 0 saturated carbocycles. The number of carbonyl (C=O) groups excluding carboxylic acids is 2. The number of ether oxygens (including phenoxy) is 2. The Balaban J connectivity index is 1.83. The highest BCUT2D eigenvalue weighted by Crippen LogP contribution is 2.47. The first kappa shape index (κ1) is 23.2. The van der Waals surface area contributed by atoms with Gasteiger partial charge in [-0.05, 0) is 43.2 Å². The van der Waals surface area contributed by atoms with Crippen molar-refractivity contribution in [2.24, 2.45) is 5.73 Å². The van der Waals surface area contributed by atoms with Crippen molar-refractivity contribution in [3.63, 3.8) is 0 Å². The molecule has 4 rings (SSSR count). The number of ketones is 1. The number of amides is 1. The molecule has 8 nitrogen and oxygen atoms in total. The van der Waals surface area contributed by atoms with Crippen LogP contribution < -0.4 is 20.6 Å². The van der Waals surface area contributed by atoms with Crippen LogP contribution in [0.3, 0.4) is 0 Å². The van der Waals surface area contributed by atoms with E-state index in [2.05, 4.69) is 11.5 Å². The molecule has 0 saturated heterocycles. The highest BCUT2D eigenvalue weighted by Gasteiger charge is 2.41. The van der Waals surface area contributed by atoms with Gasteiger partial charge in [0.15, 0.2) is 5.78 Å². The van der Waals surface area contributed by atoms with Crippen molar-refractivity contribution in [1.82, 2.24) is 10.4 Å². The summed E-state index contributed by atoms with van der Waals surface area (Å²) in [4.78, 5) is 26.1. The van der Waals surface area contributed by atoms with Gasteiger partial charge in [-0.3, -0.25) is 15.0 Å². The van der Waals surface area contributed by atoms with E-state index >= 15 is 0 Å². The molecule has 2 aromatic rings.